The van der Waals surface area contributed by atoms with E-state index in [1.165, 1.54) is 51.7 Å². The third-order valence-electron chi connectivity index (χ3n) is 11.5. The Morgan fingerprint density at radius 2 is 1.63 bits per heavy atom. The molecule has 1 saturated heterocycles. The number of ether oxygens (including phenoxy) is 2. The third kappa shape index (κ3) is 7.96. The van der Waals surface area contributed by atoms with Gasteiger partial charge in [0.05, 0.1) is 14.2 Å². The molecule has 272 valence electrons. The first-order chi connectivity index (χ1) is 25.3. The zero-order chi connectivity index (χ0) is 36.2. The molecule has 5 aromatic rings. The molecule has 8 rings (SSSR count). The molecule has 3 aromatic carbocycles. The van der Waals surface area contributed by atoms with Gasteiger partial charge in [0.1, 0.15) is 0 Å². The average molecular weight is 699 g/mol. The Morgan fingerprint density at radius 1 is 0.865 bits per heavy atom. The number of benzene rings is 3. The zero-order valence-electron chi connectivity index (χ0n) is 31.7. The predicted octanol–water partition coefficient (Wildman–Crippen LogP) is 8.24. The van der Waals surface area contributed by atoms with Crippen molar-refractivity contribution >= 4 is 16.7 Å². The van der Waals surface area contributed by atoms with Crippen LogP contribution in [0, 0.1) is 25.7 Å². The first-order valence-electron chi connectivity index (χ1n) is 19.1. The van der Waals surface area contributed by atoms with E-state index in [0.29, 0.717) is 17.4 Å². The van der Waals surface area contributed by atoms with Crippen molar-refractivity contribution in [3.05, 3.63) is 124 Å². The summed E-state index contributed by atoms with van der Waals surface area (Å²) in [6, 6.07) is 25.7. The van der Waals surface area contributed by atoms with E-state index in [-0.39, 0.29) is 11.7 Å². The SMILES string of the molecule is COc1cc2c(cc1OC)C(=O)C(CC1CCN(Cc3ccccc3)CC1)C2.Cc1ccc2c(c1)c1c(n2CCc2ccc(C)nc2)CCN(C)C1. The Hall–Kier alpha value is -4.46. The Kier molecular flexibility index (Phi) is 11.1. The van der Waals surface area contributed by atoms with Crippen LogP contribution >= 0.6 is 0 Å². The van der Waals surface area contributed by atoms with Gasteiger partial charge in [0.25, 0.3) is 0 Å². The monoisotopic (exact) mass is 698 g/mol. The molecule has 0 spiro atoms. The molecule has 2 aliphatic heterocycles. The average Bonchev–Trinajstić information content (AvgIpc) is 3.63. The molecular weight excluding hydrogens is 645 g/mol. The number of carbonyl (C=O) groups is 1. The number of likely N-dealkylation sites (tertiary alicyclic amines) is 1. The molecule has 0 N–H and O–H groups in total. The number of piperidine rings is 1. The Morgan fingerprint density at radius 3 is 2.37 bits per heavy atom. The smallest absolute Gasteiger partial charge is 0.166 e. The molecule has 0 bridgehead atoms. The van der Waals surface area contributed by atoms with E-state index < -0.39 is 0 Å². The second-order valence-corrected chi connectivity index (χ2v) is 15.2. The standard InChI is InChI=1S/C24H29NO3.C21H25N3/c1-27-22-14-19-13-20(24(26)21(19)15-23(22)28-2)12-17-8-10-25(11-9-17)16-18-6-4-3-5-7-18;1-15-4-7-20-18(12-15)19-14-23(3)10-9-21(19)24(20)11-8-17-6-5-16(2)22-13-17/h3-7,14-15,17,20H,8-13,16H2,1-2H3;4-7,12-13H,8-11,14H2,1-3H3. The highest BCUT2D eigenvalue weighted by molar-refractivity contribution is 6.03. The fourth-order valence-electron chi connectivity index (χ4n) is 8.55. The highest BCUT2D eigenvalue weighted by Crippen LogP contribution is 2.40. The summed E-state index contributed by atoms with van der Waals surface area (Å²) in [5, 5.41) is 1.44. The quantitative estimate of drug-likeness (QED) is 0.155. The number of rotatable bonds is 9. The number of pyridine rings is 1. The van der Waals surface area contributed by atoms with Gasteiger partial charge in [0.2, 0.25) is 0 Å². The van der Waals surface area contributed by atoms with E-state index >= 15 is 0 Å². The van der Waals surface area contributed by atoms with Crippen LogP contribution in [0.5, 0.6) is 11.5 Å². The summed E-state index contributed by atoms with van der Waals surface area (Å²) >= 11 is 0. The maximum Gasteiger partial charge on any atom is 0.166 e. The van der Waals surface area contributed by atoms with Gasteiger partial charge in [0, 0.05) is 72.6 Å². The molecule has 0 saturated carbocycles. The van der Waals surface area contributed by atoms with Gasteiger partial charge in [-0.1, -0.05) is 48.0 Å². The number of Topliss-reactive ketones (excluding diaryl/α,β-unsaturated/α-hetero) is 1. The Balaban J connectivity index is 0.000000164. The first kappa shape index (κ1) is 35.9. The van der Waals surface area contributed by atoms with E-state index in [0.717, 1.165) is 81.8 Å². The number of fused-ring (bicyclic) bond motifs is 4. The van der Waals surface area contributed by atoms with Crippen LogP contribution < -0.4 is 9.47 Å². The van der Waals surface area contributed by atoms with Gasteiger partial charge in [0.15, 0.2) is 17.3 Å². The van der Waals surface area contributed by atoms with Gasteiger partial charge in [-0.3, -0.25) is 14.7 Å². The van der Waals surface area contributed by atoms with E-state index in [1.54, 1.807) is 14.2 Å². The molecule has 0 amide bonds. The van der Waals surface area contributed by atoms with E-state index in [1.807, 2.05) is 25.3 Å². The van der Waals surface area contributed by atoms with Gasteiger partial charge in [-0.2, -0.15) is 0 Å². The Labute approximate surface area is 309 Å². The van der Waals surface area contributed by atoms with Crippen molar-refractivity contribution in [3.8, 4) is 11.5 Å². The zero-order valence-corrected chi connectivity index (χ0v) is 31.7. The number of hydrogen-bond donors (Lipinski definition) is 0. The lowest BCUT2D eigenvalue weighted by Crippen LogP contribution is -2.34. The van der Waals surface area contributed by atoms with E-state index in [2.05, 4.69) is 94.0 Å². The minimum Gasteiger partial charge on any atom is -0.493 e. The van der Waals surface area contributed by atoms with Gasteiger partial charge < -0.3 is 18.9 Å². The summed E-state index contributed by atoms with van der Waals surface area (Å²) < 4.78 is 13.3. The van der Waals surface area contributed by atoms with Crippen molar-refractivity contribution < 1.29 is 14.3 Å². The van der Waals surface area contributed by atoms with Crippen molar-refractivity contribution in [1.82, 2.24) is 19.4 Å². The summed E-state index contributed by atoms with van der Waals surface area (Å²) in [5.41, 5.74) is 11.5. The lowest BCUT2D eigenvalue weighted by molar-refractivity contribution is 0.0895. The number of likely N-dealkylation sites (N-methyl/N-ethyl adjacent to an activating group) is 1. The Bertz CT molecular complexity index is 1990. The highest BCUT2D eigenvalue weighted by atomic mass is 16.5. The van der Waals surface area contributed by atoms with Crippen LogP contribution in [0.3, 0.4) is 0 Å². The summed E-state index contributed by atoms with van der Waals surface area (Å²) in [6.45, 7) is 10.7. The molecule has 52 heavy (non-hydrogen) atoms. The van der Waals surface area contributed by atoms with Crippen LogP contribution in [0.4, 0.5) is 0 Å². The van der Waals surface area contributed by atoms with Gasteiger partial charge in [-0.25, -0.2) is 0 Å². The van der Waals surface area contributed by atoms with Crippen molar-refractivity contribution in [2.75, 3.05) is 40.9 Å². The van der Waals surface area contributed by atoms with Crippen LogP contribution in [0.25, 0.3) is 10.9 Å². The topological polar surface area (TPSA) is 59.8 Å². The fourth-order valence-corrected chi connectivity index (χ4v) is 8.55. The maximum absolute atomic E-state index is 12.9. The van der Waals surface area contributed by atoms with Crippen LogP contribution in [-0.2, 0) is 38.9 Å². The van der Waals surface area contributed by atoms with Crippen molar-refractivity contribution in [2.24, 2.45) is 11.8 Å². The lowest BCUT2D eigenvalue weighted by atomic mass is 9.85. The molecule has 1 fully saturated rings. The lowest BCUT2D eigenvalue weighted by Gasteiger charge is -2.32. The number of aromatic nitrogens is 2. The first-order valence-corrected chi connectivity index (χ1v) is 19.1. The summed E-state index contributed by atoms with van der Waals surface area (Å²) in [7, 11) is 5.48. The van der Waals surface area contributed by atoms with Crippen LogP contribution in [0.2, 0.25) is 0 Å². The number of hydrogen-bond acceptors (Lipinski definition) is 6. The van der Waals surface area contributed by atoms with Crippen molar-refractivity contribution in [1.29, 1.82) is 0 Å². The highest BCUT2D eigenvalue weighted by Gasteiger charge is 2.34. The third-order valence-corrected chi connectivity index (χ3v) is 11.5. The number of nitrogens with zero attached hydrogens (tertiary/aromatic N) is 4. The van der Waals surface area contributed by atoms with Gasteiger partial charge in [-0.05, 0) is 125 Å². The second kappa shape index (κ2) is 16.1. The molecular formula is C45H54N4O3. The molecule has 3 aliphatic rings. The van der Waals surface area contributed by atoms with E-state index in [4.69, 9.17) is 9.47 Å². The minimum absolute atomic E-state index is 0.109. The molecule has 1 aliphatic carbocycles. The maximum atomic E-state index is 12.9. The molecule has 1 unspecified atom stereocenters. The molecule has 4 heterocycles. The van der Waals surface area contributed by atoms with Crippen LogP contribution in [-0.4, -0.2) is 66.0 Å². The van der Waals surface area contributed by atoms with Crippen molar-refractivity contribution in [3.63, 3.8) is 0 Å². The predicted molar refractivity (Wildman–Crippen MR) is 210 cm³/mol. The number of aryl methyl sites for hydroxylation is 4. The van der Waals surface area contributed by atoms with Gasteiger partial charge in [-0.15, -0.1) is 0 Å². The minimum atomic E-state index is 0.109. The summed E-state index contributed by atoms with van der Waals surface area (Å²) in [5.74, 6) is 2.38. The fraction of sp³-hybridized carbons (Fsp3) is 0.422. The molecule has 7 heteroatoms. The van der Waals surface area contributed by atoms with Crippen molar-refractivity contribution in [2.45, 2.75) is 72.0 Å². The molecule has 2 aromatic heterocycles. The number of ketones is 1. The van der Waals surface area contributed by atoms with E-state index in [9.17, 15) is 4.79 Å². The summed E-state index contributed by atoms with van der Waals surface area (Å²) in [6.07, 6.45) is 8.39. The summed E-state index contributed by atoms with van der Waals surface area (Å²) in [4.78, 5) is 22.3. The molecule has 0 radical (unpaired) electrons. The molecule has 1 atom stereocenters. The van der Waals surface area contributed by atoms with Gasteiger partial charge >= 0.3 is 0 Å². The van der Waals surface area contributed by atoms with Crippen LogP contribution in [0.15, 0.2) is 79.0 Å². The number of carbonyl (C=O) groups excluding carboxylic acids is 1. The largest absolute Gasteiger partial charge is 0.493 e. The normalized spacial score (nSPS) is 17.8. The van der Waals surface area contributed by atoms with Crippen LogP contribution in [0.1, 0.15) is 68.8 Å². The number of methoxy groups -OCH3 is 2. The second-order valence-electron chi connectivity index (χ2n) is 15.2. The molecule has 7 nitrogen and oxygen atoms in total.